The molecule has 0 aliphatic heterocycles. The Morgan fingerprint density at radius 1 is 1.39 bits per heavy atom. The molecule has 23 heavy (non-hydrogen) atoms. The first-order chi connectivity index (χ1) is 11.0. The lowest BCUT2D eigenvalue weighted by Gasteiger charge is -2.20. The minimum Gasteiger partial charge on any atom is -0.372 e. The van der Waals surface area contributed by atoms with Gasteiger partial charge in [-0.1, -0.05) is 24.4 Å². The van der Waals surface area contributed by atoms with Crippen molar-refractivity contribution >= 4 is 17.3 Å². The van der Waals surface area contributed by atoms with Crippen LogP contribution >= 0.6 is 11.6 Å². The minimum atomic E-state index is -0.870. The van der Waals surface area contributed by atoms with E-state index in [1.807, 2.05) is 11.9 Å². The summed E-state index contributed by atoms with van der Waals surface area (Å²) in [5, 5.41) is 3.95. The Morgan fingerprint density at radius 2 is 2.13 bits per heavy atom. The fourth-order valence-corrected chi connectivity index (χ4v) is 2.69. The summed E-state index contributed by atoms with van der Waals surface area (Å²) in [7, 11) is 1.84. The molecule has 0 N–H and O–H groups in total. The van der Waals surface area contributed by atoms with Gasteiger partial charge < -0.3 is 4.90 Å². The first-order valence-electron chi connectivity index (χ1n) is 7.41. The Bertz CT molecular complexity index is 789. The molecule has 0 spiro atoms. The molecule has 0 saturated heterocycles. The van der Waals surface area contributed by atoms with E-state index < -0.39 is 17.2 Å². The van der Waals surface area contributed by atoms with E-state index in [0.29, 0.717) is 11.8 Å². The van der Waals surface area contributed by atoms with E-state index in [-0.39, 0.29) is 10.7 Å². The van der Waals surface area contributed by atoms with Gasteiger partial charge in [0.05, 0.1) is 11.9 Å². The summed E-state index contributed by atoms with van der Waals surface area (Å²) in [4.78, 5) is 14.2. The quantitative estimate of drug-likeness (QED) is 0.838. The fraction of sp³-hybridized carbons (Fsp3) is 0.375. The Labute approximate surface area is 137 Å². The van der Waals surface area contributed by atoms with Gasteiger partial charge in [0, 0.05) is 19.7 Å². The predicted octanol–water partition coefficient (Wildman–Crippen LogP) is 3.40. The van der Waals surface area contributed by atoms with Gasteiger partial charge in [0.25, 0.3) is 5.56 Å². The molecule has 1 aromatic carbocycles. The van der Waals surface area contributed by atoms with Crippen molar-refractivity contribution in [3.8, 4) is 5.69 Å². The maximum absolute atomic E-state index is 13.8. The maximum atomic E-state index is 13.8. The van der Waals surface area contributed by atoms with Gasteiger partial charge >= 0.3 is 0 Å². The second-order valence-corrected chi connectivity index (χ2v) is 6.19. The molecule has 1 aliphatic rings. The summed E-state index contributed by atoms with van der Waals surface area (Å²) < 4.78 is 27.7. The zero-order valence-corrected chi connectivity index (χ0v) is 13.4. The molecular weight excluding hydrogens is 324 g/mol. The number of hydrogen-bond acceptors (Lipinski definition) is 3. The maximum Gasteiger partial charge on any atom is 0.292 e. The molecular formula is C16H16ClF2N3O. The molecule has 7 heteroatoms. The molecule has 2 aromatic rings. The number of hydrogen-bond donors (Lipinski definition) is 0. The largest absolute Gasteiger partial charge is 0.372 e. The van der Waals surface area contributed by atoms with Gasteiger partial charge in [-0.15, -0.1) is 0 Å². The third-order valence-electron chi connectivity index (χ3n) is 4.02. The Balaban J connectivity index is 1.92. The van der Waals surface area contributed by atoms with Crippen LogP contribution in [-0.4, -0.2) is 23.4 Å². The zero-order valence-electron chi connectivity index (χ0n) is 12.6. The van der Waals surface area contributed by atoms with Crippen molar-refractivity contribution in [3.05, 3.63) is 51.4 Å². The summed E-state index contributed by atoms with van der Waals surface area (Å²) in [6, 6.07) is 2.93. The van der Waals surface area contributed by atoms with Gasteiger partial charge in [-0.25, -0.2) is 8.78 Å². The summed E-state index contributed by atoms with van der Waals surface area (Å²) in [5.74, 6) is -0.829. The van der Waals surface area contributed by atoms with Crippen LogP contribution in [0.25, 0.3) is 5.69 Å². The van der Waals surface area contributed by atoms with Gasteiger partial charge in [-0.3, -0.25) is 4.79 Å². The molecule has 0 atom stereocenters. The Kier molecular flexibility index (Phi) is 4.35. The van der Waals surface area contributed by atoms with Crippen molar-refractivity contribution < 1.29 is 8.78 Å². The van der Waals surface area contributed by atoms with Crippen LogP contribution in [0.5, 0.6) is 0 Å². The molecule has 1 fully saturated rings. The van der Waals surface area contributed by atoms with Crippen molar-refractivity contribution in [2.45, 2.75) is 19.3 Å². The van der Waals surface area contributed by atoms with E-state index >= 15 is 0 Å². The first kappa shape index (κ1) is 15.9. The Morgan fingerprint density at radius 3 is 2.78 bits per heavy atom. The highest BCUT2D eigenvalue weighted by molar-refractivity contribution is 6.33. The van der Waals surface area contributed by atoms with Crippen LogP contribution in [0.15, 0.2) is 29.2 Å². The van der Waals surface area contributed by atoms with Crippen molar-refractivity contribution in [3.63, 3.8) is 0 Å². The summed E-state index contributed by atoms with van der Waals surface area (Å²) in [6.07, 6.45) is 4.98. The third-order valence-corrected chi connectivity index (χ3v) is 4.37. The van der Waals surface area contributed by atoms with Crippen LogP contribution in [0.4, 0.5) is 14.5 Å². The van der Waals surface area contributed by atoms with E-state index in [1.54, 1.807) is 0 Å². The highest BCUT2D eigenvalue weighted by Crippen LogP contribution is 2.33. The van der Waals surface area contributed by atoms with E-state index in [1.165, 1.54) is 19.0 Å². The Hall–Kier alpha value is -1.95. The number of rotatable bonds is 5. The molecule has 4 nitrogen and oxygen atoms in total. The second-order valence-electron chi connectivity index (χ2n) is 5.81. The summed E-state index contributed by atoms with van der Waals surface area (Å²) >= 11 is 6.15. The first-order valence-corrected chi connectivity index (χ1v) is 7.79. The number of anilines is 1. The zero-order chi connectivity index (χ0) is 16.6. The summed E-state index contributed by atoms with van der Waals surface area (Å²) in [6.45, 7) is 0.778. The van der Waals surface area contributed by atoms with Crippen LogP contribution in [-0.2, 0) is 0 Å². The van der Waals surface area contributed by atoms with Crippen LogP contribution in [0, 0.1) is 17.6 Å². The molecule has 1 aromatic heterocycles. The van der Waals surface area contributed by atoms with Crippen LogP contribution < -0.4 is 10.5 Å². The van der Waals surface area contributed by atoms with Gasteiger partial charge in [-0.05, 0) is 24.5 Å². The van der Waals surface area contributed by atoms with Crippen molar-refractivity contribution in [2.24, 2.45) is 5.92 Å². The molecule has 1 heterocycles. The third kappa shape index (κ3) is 3.37. The normalized spacial score (nSPS) is 14.1. The van der Waals surface area contributed by atoms with Crippen LogP contribution in [0.2, 0.25) is 5.02 Å². The van der Waals surface area contributed by atoms with Crippen LogP contribution in [0.3, 0.4) is 0 Å². The average Bonchev–Trinajstić information content (AvgIpc) is 3.33. The van der Waals surface area contributed by atoms with Crippen LogP contribution in [0.1, 0.15) is 19.3 Å². The monoisotopic (exact) mass is 339 g/mol. The number of aromatic nitrogens is 2. The summed E-state index contributed by atoms with van der Waals surface area (Å²) in [5.41, 5.74) is -0.255. The molecule has 3 rings (SSSR count). The second kappa shape index (κ2) is 6.28. The van der Waals surface area contributed by atoms with Gasteiger partial charge in [0.2, 0.25) is 0 Å². The number of halogens is 3. The molecule has 1 aliphatic carbocycles. The topological polar surface area (TPSA) is 38.1 Å². The van der Waals surface area contributed by atoms with Crippen molar-refractivity contribution in [1.82, 2.24) is 9.78 Å². The van der Waals surface area contributed by atoms with E-state index in [9.17, 15) is 13.6 Å². The van der Waals surface area contributed by atoms with Crippen molar-refractivity contribution in [1.29, 1.82) is 0 Å². The van der Waals surface area contributed by atoms with Gasteiger partial charge in [-0.2, -0.15) is 9.78 Å². The lowest BCUT2D eigenvalue weighted by atomic mass is 10.2. The molecule has 0 amide bonds. The fourth-order valence-electron chi connectivity index (χ4n) is 2.42. The highest BCUT2D eigenvalue weighted by Gasteiger charge is 2.22. The van der Waals surface area contributed by atoms with Gasteiger partial charge in [0.1, 0.15) is 16.5 Å². The molecule has 1 saturated carbocycles. The molecule has 122 valence electrons. The standard InChI is InChI=1S/C16H16ClF2N3O/c1-21(7-6-10-2-3-10)14-9-20-22(16(23)15(14)17)13-5-4-11(18)8-12(13)19/h4-5,8-10H,2-3,6-7H2,1H3. The van der Waals surface area contributed by atoms with E-state index in [4.69, 9.17) is 11.6 Å². The smallest absolute Gasteiger partial charge is 0.292 e. The van der Waals surface area contributed by atoms with Gasteiger partial charge in [0.15, 0.2) is 5.82 Å². The molecule has 0 radical (unpaired) electrons. The lowest BCUT2D eigenvalue weighted by Crippen LogP contribution is -2.27. The van der Waals surface area contributed by atoms with E-state index in [2.05, 4.69) is 5.10 Å². The SMILES string of the molecule is CN(CCC1CC1)c1cnn(-c2ccc(F)cc2F)c(=O)c1Cl. The number of benzene rings is 1. The molecule has 0 bridgehead atoms. The predicted molar refractivity (Wildman–Crippen MR) is 85.4 cm³/mol. The minimum absolute atomic E-state index is 0.0259. The van der Waals surface area contributed by atoms with E-state index in [0.717, 1.165) is 35.7 Å². The number of nitrogens with zero attached hydrogens (tertiary/aromatic N) is 3. The van der Waals surface area contributed by atoms with Crippen molar-refractivity contribution in [2.75, 3.05) is 18.5 Å². The molecule has 0 unspecified atom stereocenters. The lowest BCUT2D eigenvalue weighted by molar-refractivity contribution is 0.570. The highest BCUT2D eigenvalue weighted by atomic mass is 35.5. The average molecular weight is 340 g/mol.